The molecule has 24 rings (SSSR count). The van der Waals surface area contributed by atoms with E-state index in [4.69, 9.17) is 43.6 Å². The molecule has 556 valence electrons. The summed E-state index contributed by atoms with van der Waals surface area (Å²) in [4.78, 5) is 31.7. The fourth-order valence-electron chi connectivity index (χ4n) is 18.3. The third-order valence-corrected chi connectivity index (χ3v) is 26.5. The van der Waals surface area contributed by atoms with Crippen LogP contribution in [0.1, 0.15) is 63.7 Å². The second kappa shape index (κ2) is 27.1. The van der Waals surface area contributed by atoms with Crippen LogP contribution in [0, 0.1) is 0 Å². The minimum absolute atomic E-state index is 0.155. The largest absolute Gasteiger partial charge is 0.309 e. The van der Waals surface area contributed by atoms with Crippen LogP contribution >= 0.6 is 22.7 Å². The molecular formula is C108H72N8S2. The quantitative estimate of drug-likeness (QED) is 0.136. The Morgan fingerprint density at radius 1 is 0.229 bits per heavy atom. The average molecular weight is 1560 g/mol. The number of aromatic nitrogens is 8. The predicted molar refractivity (Wildman–Crippen MR) is 493 cm³/mol. The zero-order valence-electron chi connectivity index (χ0n) is 74.3. The van der Waals surface area contributed by atoms with Crippen molar-refractivity contribution in [1.82, 2.24) is 39.0 Å². The summed E-state index contributed by atoms with van der Waals surface area (Å²) in [7, 11) is 0. The Hall–Kier alpha value is -14.4. The van der Waals surface area contributed by atoms with Crippen LogP contribution in [0.3, 0.4) is 0 Å². The highest BCUT2D eigenvalue weighted by molar-refractivity contribution is 7.27. The van der Waals surface area contributed by atoms with Crippen LogP contribution in [0.5, 0.6) is 0 Å². The molecule has 2 aliphatic rings. The fraction of sp³-hybridized carbons (Fsp3) is 0.0556. The lowest BCUT2D eigenvalue weighted by atomic mass is 9.82. The van der Waals surface area contributed by atoms with E-state index in [9.17, 15) is 0 Å². The lowest BCUT2D eigenvalue weighted by Crippen LogP contribution is -2.15. The molecule has 0 unspecified atom stereocenters. The van der Waals surface area contributed by atoms with Crippen molar-refractivity contribution in [3.8, 4) is 124 Å². The molecule has 0 saturated heterocycles. The summed E-state index contributed by atoms with van der Waals surface area (Å²) >= 11 is 3.03. The molecule has 0 fully saturated rings. The Morgan fingerprint density at radius 3 is 1.02 bits per heavy atom. The van der Waals surface area contributed by atoms with Gasteiger partial charge in [-0.1, -0.05) is 331 Å². The van der Waals surface area contributed by atoms with Gasteiger partial charge in [-0.3, -0.25) is 0 Å². The second-order valence-electron chi connectivity index (χ2n) is 31.3. The van der Waals surface area contributed by atoms with E-state index < -0.39 is 12.1 Å². The first-order valence-electron chi connectivity index (χ1n) is 44.4. The zero-order chi connectivity index (χ0) is 87.2. The number of hydrogen-bond donors (Lipinski definition) is 0. The van der Waals surface area contributed by atoms with E-state index in [-0.39, 0.29) is 70.3 Å². The van der Waals surface area contributed by atoms with E-state index in [1.807, 2.05) is 97.1 Å². The number of rotatable bonds is 10. The molecule has 0 N–H and O–H groups in total. The number of hydrogen-bond acceptors (Lipinski definition) is 8. The molecule has 0 saturated carbocycles. The topological polar surface area (TPSA) is 87.2 Å². The van der Waals surface area contributed by atoms with Crippen molar-refractivity contribution in [2.24, 2.45) is 0 Å². The van der Waals surface area contributed by atoms with Crippen LogP contribution in [0.15, 0.2) is 364 Å². The standard InChI is InChI=1S/2C54H36N4S/c1-54(2)45-25-12-9-20-38(45)39-29-28-35(30-46(39)54)52-55-51(34-18-7-4-8-19-34)56-53(57-52)44-32-36(58-47-26-13-10-21-40(47)41-22-11-14-27-48(41)58)31-43-42-24-15-23-37(49(42)59-50(43)44)33-16-5-3-6-17-33;1-54(2)45-25-12-9-20-38(45)42-30-35(28-29-46(42)54)52-55-51(34-18-7-4-8-19-34)56-53(57-52)44-32-36(58-47-26-13-10-21-39(47)40-22-11-14-27-48(40)58)31-43-41-24-15-23-37(49(41)59-50(43)44)33-16-5-3-6-17-33/h2*3-32H,1-2H3/i2*3D,5D,6D,16D,17D. The lowest BCUT2D eigenvalue weighted by molar-refractivity contribution is 0.660. The maximum Gasteiger partial charge on any atom is 0.165 e. The van der Waals surface area contributed by atoms with Gasteiger partial charge in [-0.15, -0.1) is 22.7 Å². The summed E-state index contributed by atoms with van der Waals surface area (Å²) in [6.45, 7) is 9.09. The van der Waals surface area contributed by atoms with Crippen molar-refractivity contribution in [3.63, 3.8) is 0 Å². The van der Waals surface area contributed by atoms with E-state index in [0.717, 1.165) is 129 Å². The highest BCUT2D eigenvalue weighted by Gasteiger charge is 2.38. The van der Waals surface area contributed by atoms with E-state index >= 15 is 0 Å². The van der Waals surface area contributed by atoms with Crippen molar-refractivity contribution >= 4 is 107 Å². The first-order chi connectivity index (χ1) is 62.2. The molecule has 0 aliphatic heterocycles. The normalized spacial score (nSPS) is 14.2. The molecular weight excluding hydrogens is 1470 g/mol. The minimum atomic E-state index is -0.420. The van der Waals surface area contributed by atoms with Gasteiger partial charge in [0.05, 0.1) is 35.8 Å². The molecule has 0 amide bonds. The van der Waals surface area contributed by atoms with Gasteiger partial charge >= 0.3 is 0 Å². The van der Waals surface area contributed by atoms with Gasteiger partial charge in [0.15, 0.2) is 34.9 Å². The van der Waals surface area contributed by atoms with Crippen LogP contribution < -0.4 is 0 Å². The summed E-state index contributed by atoms with van der Waals surface area (Å²) in [5, 5.41) is 8.19. The van der Waals surface area contributed by atoms with Crippen LogP contribution in [0.2, 0.25) is 0 Å². The summed E-state index contributed by atoms with van der Waals surface area (Å²) in [6, 6.07) is 101. The van der Waals surface area contributed by atoms with Gasteiger partial charge in [-0.25, -0.2) is 29.9 Å². The van der Waals surface area contributed by atoms with E-state index in [0.29, 0.717) is 46.1 Å². The van der Waals surface area contributed by atoms with Gasteiger partial charge in [-0.2, -0.15) is 0 Å². The smallest absolute Gasteiger partial charge is 0.165 e. The van der Waals surface area contributed by atoms with Gasteiger partial charge in [0.2, 0.25) is 0 Å². The number of para-hydroxylation sites is 4. The third-order valence-electron chi connectivity index (χ3n) is 23.9. The summed E-state index contributed by atoms with van der Waals surface area (Å²) < 4.78 is 94.6. The molecule has 22 aromatic rings. The Morgan fingerprint density at radius 2 is 0.559 bits per heavy atom. The van der Waals surface area contributed by atoms with Crippen molar-refractivity contribution in [3.05, 3.63) is 386 Å². The number of nitrogens with zero attached hydrogens (tertiary/aromatic N) is 8. The molecule has 10 heteroatoms. The maximum atomic E-state index is 8.96. The van der Waals surface area contributed by atoms with Crippen molar-refractivity contribution in [2.75, 3.05) is 0 Å². The first-order valence-corrected chi connectivity index (χ1v) is 41.0. The highest BCUT2D eigenvalue weighted by atomic mass is 32.1. The fourth-order valence-corrected chi connectivity index (χ4v) is 20.9. The van der Waals surface area contributed by atoms with E-state index in [2.05, 4.69) is 243 Å². The molecule has 0 radical (unpaired) electrons. The molecule has 118 heavy (non-hydrogen) atoms. The van der Waals surface area contributed by atoms with Crippen LogP contribution in [0.25, 0.3) is 208 Å². The zero-order valence-corrected chi connectivity index (χ0v) is 65.9. The maximum absolute atomic E-state index is 8.96. The van der Waals surface area contributed by atoms with Gasteiger partial charge < -0.3 is 9.13 Å². The monoisotopic (exact) mass is 1550 g/mol. The molecule has 8 nitrogen and oxygen atoms in total. The summed E-state index contributed by atoms with van der Waals surface area (Å²) in [5.74, 6) is 3.17. The Balaban J connectivity index is 0.000000146. The predicted octanol–water partition coefficient (Wildman–Crippen LogP) is 28.6. The Bertz CT molecular complexity index is 8390. The van der Waals surface area contributed by atoms with Gasteiger partial charge in [0.25, 0.3) is 0 Å². The Labute approximate surface area is 703 Å². The average Bonchev–Trinajstić information content (AvgIpc) is 1.59. The second-order valence-corrected chi connectivity index (χ2v) is 33.3. The van der Waals surface area contributed by atoms with E-state index in [1.54, 1.807) is 0 Å². The lowest BCUT2D eigenvalue weighted by Gasteiger charge is -2.21. The van der Waals surface area contributed by atoms with Crippen molar-refractivity contribution < 1.29 is 13.7 Å². The molecule has 6 aromatic heterocycles. The summed E-state index contributed by atoms with van der Waals surface area (Å²) in [5.41, 5.74) is 22.1. The molecule has 2 aliphatic carbocycles. The number of fused-ring (bicyclic) bond motifs is 18. The minimum Gasteiger partial charge on any atom is -0.309 e. The van der Waals surface area contributed by atoms with Crippen LogP contribution in [0.4, 0.5) is 0 Å². The van der Waals surface area contributed by atoms with Gasteiger partial charge in [0, 0.05) is 117 Å². The van der Waals surface area contributed by atoms with Crippen molar-refractivity contribution in [2.45, 2.75) is 38.5 Å². The molecule has 6 heterocycles. The summed E-state index contributed by atoms with van der Waals surface area (Å²) in [6.07, 6.45) is 0. The molecule has 16 aromatic carbocycles. The molecule has 0 bridgehead atoms. The molecule has 0 spiro atoms. The third kappa shape index (κ3) is 11.0. The Kier molecular flexibility index (Phi) is 13.6. The molecule has 0 atom stereocenters. The van der Waals surface area contributed by atoms with Crippen molar-refractivity contribution in [1.29, 1.82) is 0 Å². The SMILES string of the molecule is [2H]c1c([2H])c([2H])c(-c2cccc3c2sc2c(-c4nc(-c5ccccc5)nc(-c5ccc6c(c5)-c5ccccc5C6(C)C)n4)cc(-n4c5ccccc5c5ccccc54)cc23)c([2H])c1[2H].[2H]c1c([2H])c([2H])c(-c2cccc3c2sc2c(-c4nc(-c5ccccc5)nc(-c5ccc6c(c5)C(C)(C)c5ccccc5-6)n4)cc(-n4c5ccccc5c5ccccc54)cc23)c([2H])c1[2H]. The number of benzene rings is 16. The highest BCUT2D eigenvalue weighted by Crippen LogP contribution is 2.54. The number of thiophene rings is 2. The van der Waals surface area contributed by atoms with Gasteiger partial charge in [0.1, 0.15) is 0 Å². The first kappa shape index (κ1) is 59.3. The van der Waals surface area contributed by atoms with E-state index in [1.165, 1.54) is 67.2 Å². The van der Waals surface area contributed by atoms with Gasteiger partial charge in [-0.05, 0) is 127 Å². The van der Waals surface area contributed by atoms with Crippen LogP contribution in [-0.4, -0.2) is 39.0 Å². The van der Waals surface area contributed by atoms with Crippen LogP contribution in [-0.2, 0) is 10.8 Å².